The minimum Gasteiger partial charge on any atom is -0.348 e. The third kappa shape index (κ3) is 3.59. The van der Waals surface area contributed by atoms with Crippen molar-refractivity contribution in [2.75, 3.05) is 6.54 Å². The fourth-order valence-corrected chi connectivity index (χ4v) is 3.68. The second-order valence-electron chi connectivity index (χ2n) is 8.63. The number of carbonyl (C=O) groups is 1. The van der Waals surface area contributed by atoms with Gasteiger partial charge in [-0.25, -0.2) is 0 Å². The van der Waals surface area contributed by atoms with E-state index in [1.165, 1.54) is 5.69 Å². The minimum atomic E-state index is 0.0491. The molecule has 28 heavy (non-hydrogen) atoms. The van der Waals surface area contributed by atoms with E-state index in [1.54, 1.807) is 0 Å². The van der Waals surface area contributed by atoms with Crippen molar-refractivity contribution in [2.45, 2.75) is 46.7 Å². The summed E-state index contributed by atoms with van der Waals surface area (Å²) in [4.78, 5) is 19.4. The van der Waals surface area contributed by atoms with Gasteiger partial charge in [0.25, 0.3) is 5.91 Å². The van der Waals surface area contributed by atoms with E-state index in [9.17, 15) is 4.79 Å². The summed E-state index contributed by atoms with van der Waals surface area (Å²) in [5.41, 5.74) is 2.79. The summed E-state index contributed by atoms with van der Waals surface area (Å²) in [6.07, 6.45) is 2.80. The van der Waals surface area contributed by atoms with Crippen LogP contribution in [0.5, 0.6) is 0 Å². The molecule has 0 bridgehead atoms. The van der Waals surface area contributed by atoms with Gasteiger partial charge in [-0.05, 0) is 36.6 Å². The van der Waals surface area contributed by atoms with Crippen LogP contribution in [0.15, 0.2) is 47.1 Å². The molecule has 3 heterocycles. The molecule has 0 unspecified atom stereocenters. The zero-order valence-corrected chi connectivity index (χ0v) is 16.8. The van der Waals surface area contributed by atoms with Crippen molar-refractivity contribution in [3.8, 4) is 11.4 Å². The molecule has 1 aromatic carbocycles. The number of nitrogens with zero attached hydrogens (tertiary/aromatic N) is 4. The molecule has 1 atom stereocenters. The first-order chi connectivity index (χ1) is 13.3. The first-order valence-electron chi connectivity index (χ1n) is 9.71. The Morgan fingerprint density at radius 3 is 2.64 bits per heavy atom. The van der Waals surface area contributed by atoms with E-state index in [-0.39, 0.29) is 17.4 Å². The highest BCUT2D eigenvalue weighted by Crippen LogP contribution is 2.28. The average Bonchev–Trinajstić information content (AvgIpc) is 3.30. The lowest BCUT2D eigenvalue weighted by molar-refractivity contribution is 0.0644. The maximum atomic E-state index is 13.0. The predicted octanol–water partition coefficient (Wildman–Crippen LogP) is 4.34. The highest BCUT2D eigenvalue weighted by Gasteiger charge is 2.28. The summed E-state index contributed by atoms with van der Waals surface area (Å²) in [5.74, 6) is 1.24. The maximum absolute atomic E-state index is 13.0. The molecule has 0 saturated carbocycles. The molecular weight excluding hydrogens is 352 g/mol. The second-order valence-corrected chi connectivity index (χ2v) is 8.63. The fourth-order valence-electron chi connectivity index (χ4n) is 3.68. The van der Waals surface area contributed by atoms with Crippen LogP contribution in [0.3, 0.4) is 0 Å². The topological polar surface area (TPSA) is 64.2 Å². The summed E-state index contributed by atoms with van der Waals surface area (Å²) in [6, 6.07) is 11.6. The highest BCUT2D eigenvalue weighted by molar-refractivity contribution is 5.95. The molecule has 1 aliphatic heterocycles. The van der Waals surface area contributed by atoms with Gasteiger partial charge in [-0.15, -0.1) is 0 Å². The molecule has 0 fully saturated rings. The van der Waals surface area contributed by atoms with E-state index < -0.39 is 0 Å². The zero-order chi connectivity index (χ0) is 19.9. The Morgan fingerprint density at radius 2 is 1.93 bits per heavy atom. The van der Waals surface area contributed by atoms with E-state index in [0.29, 0.717) is 23.8 Å². The van der Waals surface area contributed by atoms with Gasteiger partial charge in [0.15, 0.2) is 0 Å². The normalized spacial score (nSPS) is 16.9. The van der Waals surface area contributed by atoms with Crippen LogP contribution in [0.1, 0.15) is 55.7 Å². The van der Waals surface area contributed by atoms with Gasteiger partial charge in [-0.2, -0.15) is 4.98 Å². The van der Waals surface area contributed by atoms with Crippen molar-refractivity contribution < 1.29 is 9.32 Å². The Morgan fingerprint density at radius 1 is 1.18 bits per heavy atom. The summed E-state index contributed by atoms with van der Waals surface area (Å²) < 4.78 is 7.58. The van der Waals surface area contributed by atoms with Crippen LogP contribution < -0.4 is 0 Å². The maximum Gasteiger partial charge on any atom is 0.254 e. The molecule has 1 amide bonds. The number of fused-ring (bicyclic) bond motifs is 1. The van der Waals surface area contributed by atoms with Crippen molar-refractivity contribution in [1.82, 2.24) is 19.6 Å². The Hall–Kier alpha value is -2.89. The lowest BCUT2D eigenvalue weighted by Gasteiger charge is -2.35. The number of amides is 1. The van der Waals surface area contributed by atoms with Gasteiger partial charge in [-0.3, -0.25) is 4.79 Å². The molecule has 0 aliphatic carbocycles. The molecule has 3 aromatic rings. The fraction of sp³-hybridized carbons (Fsp3) is 0.409. The van der Waals surface area contributed by atoms with Crippen molar-refractivity contribution in [3.05, 3.63) is 59.7 Å². The first kappa shape index (κ1) is 18.5. The van der Waals surface area contributed by atoms with Crippen LogP contribution in [0.4, 0.5) is 0 Å². The van der Waals surface area contributed by atoms with Crippen molar-refractivity contribution in [1.29, 1.82) is 0 Å². The van der Waals surface area contributed by atoms with Crippen molar-refractivity contribution in [3.63, 3.8) is 0 Å². The zero-order valence-electron chi connectivity index (χ0n) is 16.8. The minimum absolute atomic E-state index is 0.0491. The SMILES string of the molecule is C[C@@H]1c2cccn2CCN1C(=O)c1ccc(-c2noc(CC(C)(C)C)n2)cc1. The van der Waals surface area contributed by atoms with Gasteiger partial charge >= 0.3 is 0 Å². The molecule has 0 N–H and O–H groups in total. The molecule has 6 nitrogen and oxygen atoms in total. The van der Waals surface area contributed by atoms with E-state index in [0.717, 1.165) is 18.5 Å². The van der Waals surface area contributed by atoms with Gasteiger partial charge in [0.2, 0.25) is 11.7 Å². The summed E-state index contributed by atoms with van der Waals surface area (Å²) in [5, 5.41) is 4.08. The molecule has 1 aliphatic rings. The Balaban J connectivity index is 1.50. The second kappa shape index (κ2) is 6.93. The predicted molar refractivity (Wildman–Crippen MR) is 107 cm³/mol. The third-order valence-electron chi connectivity index (χ3n) is 5.14. The summed E-state index contributed by atoms with van der Waals surface area (Å²) in [6.45, 7) is 10.0. The lowest BCUT2D eigenvalue weighted by Crippen LogP contribution is -2.40. The molecule has 2 aromatic heterocycles. The molecule has 6 heteroatoms. The van der Waals surface area contributed by atoms with Crippen LogP contribution in [0.2, 0.25) is 0 Å². The summed E-state index contributed by atoms with van der Waals surface area (Å²) in [7, 11) is 0. The number of hydrogen-bond donors (Lipinski definition) is 0. The van der Waals surface area contributed by atoms with Crippen molar-refractivity contribution in [2.24, 2.45) is 5.41 Å². The van der Waals surface area contributed by atoms with Crippen LogP contribution in [-0.4, -0.2) is 32.1 Å². The Bertz CT molecular complexity index is 979. The number of benzene rings is 1. The highest BCUT2D eigenvalue weighted by atomic mass is 16.5. The molecule has 0 spiro atoms. The molecule has 4 rings (SSSR count). The van der Waals surface area contributed by atoms with Crippen molar-refractivity contribution >= 4 is 5.91 Å². The smallest absolute Gasteiger partial charge is 0.254 e. The number of hydrogen-bond acceptors (Lipinski definition) is 4. The average molecular weight is 378 g/mol. The molecule has 0 radical (unpaired) electrons. The monoisotopic (exact) mass is 378 g/mol. The molecular formula is C22H26N4O2. The van der Waals surface area contributed by atoms with Gasteiger partial charge in [0.1, 0.15) is 0 Å². The quantitative estimate of drug-likeness (QED) is 0.680. The Labute approximate surface area is 165 Å². The van der Waals surface area contributed by atoms with E-state index in [4.69, 9.17) is 4.52 Å². The van der Waals surface area contributed by atoms with Crippen LogP contribution in [0.25, 0.3) is 11.4 Å². The lowest BCUT2D eigenvalue weighted by atomic mass is 9.92. The van der Waals surface area contributed by atoms with Crippen LogP contribution >= 0.6 is 0 Å². The number of rotatable bonds is 3. The van der Waals surface area contributed by atoms with E-state index in [2.05, 4.69) is 54.7 Å². The van der Waals surface area contributed by atoms with E-state index in [1.807, 2.05) is 35.2 Å². The molecule has 146 valence electrons. The molecule has 0 saturated heterocycles. The number of aromatic nitrogens is 3. The Kier molecular flexibility index (Phi) is 4.57. The van der Waals surface area contributed by atoms with E-state index >= 15 is 0 Å². The standard InChI is InChI=1S/C22H26N4O2/c1-15-18-6-5-11-25(18)12-13-26(15)21(27)17-9-7-16(8-10-17)20-23-19(28-24-20)14-22(2,3)4/h5-11,15H,12-14H2,1-4H3/t15-/m1/s1. The van der Waals surface area contributed by atoms with Gasteiger partial charge in [0.05, 0.1) is 6.04 Å². The largest absolute Gasteiger partial charge is 0.348 e. The van der Waals surface area contributed by atoms with Gasteiger partial charge in [-0.1, -0.05) is 38.1 Å². The first-order valence-corrected chi connectivity index (χ1v) is 9.71. The van der Waals surface area contributed by atoms with Gasteiger partial charge in [0, 0.05) is 42.5 Å². The van der Waals surface area contributed by atoms with Crippen LogP contribution in [-0.2, 0) is 13.0 Å². The third-order valence-corrected chi connectivity index (χ3v) is 5.14. The summed E-state index contributed by atoms with van der Waals surface area (Å²) >= 11 is 0. The number of carbonyl (C=O) groups excluding carboxylic acids is 1. The van der Waals surface area contributed by atoms with Gasteiger partial charge < -0.3 is 14.0 Å². The van der Waals surface area contributed by atoms with Crippen LogP contribution in [0, 0.1) is 5.41 Å².